The van der Waals surface area contributed by atoms with Crippen LogP contribution in [0.1, 0.15) is 38.4 Å². The number of cyclic esters (lactones) is 1. The molecule has 0 radical (unpaired) electrons. The van der Waals surface area contributed by atoms with Gasteiger partial charge in [0.2, 0.25) is 11.8 Å². The third kappa shape index (κ3) is 6.29. The normalized spacial score (nSPS) is 31.6. The van der Waals surface area contributed by atoms with Crippen molar-refractivity contribution in [3.05, 3.63) is 89.5 Å². The molecule has 3 amide bonds. The minimum absolute atomic E-state index is 0.0505. The summed E-state index contributed by atoms with van der Waals surface area (Å²) in [5, 5.41) is 13.9. The maximum atomic E-state index is 15.0. The third-order valence-electron chi connectivity index (χ3n) is 9.96. The molecule has 4 aliphatic heterocycles. The zero-order valence-electron chi connectivity index (χ0n) is 27.7. The van der Waals surface area contributed by atoms with E-state index in [1.54, 1.807) is 66.8 Å². The first-order chi connectivity index (χ1) is 23.6. The zero-order valence-corrected chi connectivity index (χ0v) is 28.5. The Hall–Kier alpha value is -4.03. The third-order valence-corrected chi connectivity index (χ3v) is 10.3. The minimum atomic E-state index is -1.51. The van der Waals surface area contributed by atoms with E-state index < -0.39 is 72.2 Å². The molecule has 4 heterocycles. The number of likely N-dealkylation sites (tertiary alicyclic amines) is 1. The van der Waals surface area contributed by atoms with Crippen LogP contribution in [0.3, 0.4) is 0 Å². The first kappa shape index (κ1) is 34.8. The second kappa shape index (κ2) is 14.4. The van der Waals surface area contributed by atoms with Crippen LogP contribution < -0.4 is 10.2 Å². The summed E-state index contributed by atoms with van der Waals surface area (Å²) in [5.74, 6) is -4.37. The van der Waals surface area contributed by atoms with Crippen molar-refractivity contribution in [1.82, 2.24) is 10.2 Å². The summed E-state index contributed by atoms with van der Waals surface area (Å²) < 4.78 is 18.3. The summed E-state index contributed by atoms with van der Waals surface area (Å²) in [7, 11) is 1.50. The van der Waals surface area contributed by atoms with Crippen LogP contribution in [0.25, 0.3) is 0 Å². The van der Waals surface area contributed by atoms with Crippen LogP contribution in [0.15, 0.2) is 78.9 Å². The molecule has 2 fully saturated rings. The van der Waals surface area contributed by atoms with Crippen molar-refractivity contribution in [2.75, 3.05) is 31.8 Å². The molecule has 1 spiro atoms. The molecule has 11 nitrogen and oxygen atoms in total. The fourth-order valence-corrected chi connectivity index (χ4v) is 7.90. The second-order valence-electron chi connectivity index (χ2n) is 13.2. The first-order valence-electron chi connectivity index (χ1n) is 16.7. The Morgan fingerprint density at radius 3 is 2.47 bits per heavy atom. The summed E-state index contributed by atoms with van der Waals surface area (Å²) in [6.45, 7) is 3.45. The summed E-state index contributed by atoms with van der Waals surface area (Å²) in [6.07, 6.45) is 5.73. The Labute approximate surface area is 290 Å². The van der Waals surface area contributed by atoms with Gasteiger partial charge >= 0.3 is 5.97 Å². The number of nitrogens with one attached hydrogen (secondary N) is 1. The van der Waals surface area contributed by atoms with Gasteiger partial charge in [0.15, 0.2) is 0 Å². The number of aliphatic hydroxyl groups is 1. The number of nitrogens with zero attached hydrogens (tertiary/aromatic N) is 2. The van der Waals surface area contributed by atoms with Crippen molar-refractivity contribution in [3.63, 3.8) is 0 Å². The van der Waals surface area contributed by atoms with E-state index in [1.807, 2.05) is 26.0 Å². The first-order valence-corrected chi connectivity index (χ1v) is 17.1. The molecule has 0 aliphatic carbocycles. The van der Waals surface area contributed by atoms with Crippen molar-refractivity contribution in [1.29, 1.82) is 0 Å². The molecule has 4 aliphatic rings. The molecule has 12 heteroatoms. The summed E-state index contributed by atoms with van der Waals surface area (Å²) in [6, 6.07) is 13.2. The Kier molecular flexibility index (Phi) is 10.3. The van der Waals surface area contributed by atoms with Gasteiger partial charge in [0.1, 0.15) is 23.7 Å². The highest BCUT2D eigenvalue weighted by atomic mass is 35.5. The number of fused-ring (bicyclic) bond motifs is 2. The highest BCUT2D eigenvalue weighted by Gasteiger charge is 2.74. The van der Waals surface area contributed by atoms with Gasteiger partial charge in [0.25, 0.3) is 5.91 Å². The van der Waals surface area contributed by atoms with Crippen LogP contribution in [-0.4, -0.2) is 90.4 Å². The molecular weight excluding hydrogens is 650 g/mol. The lowest BCUT2D eigenvalue weighted by atomic mass is 9.74. The second-order valence-corrected chi connectivity index (χ2v) is 13.7. The fourth-order valence-electron chi connectivity index (χ4n) is 7.66. The predicted octanol–water partition coefficient (Wildman–Crippen LogP) is 3.61. The Bertz CT molecular complexity index is 1630. The number of benzene rings is 2. The number of amides is 3. The Morgan fingerprint density at radius 1 is 1.04 bits per heavy atom. The van der Waals surface area contributed by atoms with Crippen LogP contribution in [0.2, 0.25) is 5.02 Å². The van der Waals surface area contributed by atoms with Crippen molar-refractivity contribution < 1.29 is 38.5 Å². The molecule has 5 bridgehead atoms. The number of halogens is 1. The van der Waals surface area contributed by atoms with Gasteiger partial charge in [0.05, 0.1) is 48.0 Å². The fraction of sp³-hybridized carbons (Fsp3) is 0.459. The summed E-state index contributed by atoms with van der Waals surface area (Å²) in [5.41, 5.74) is -0.453. The molecule has 0 saturated carbocycles. The van der Waals surface area contributed by atoms with Gasteiger partial charge in [0, 0.05) is 20.1 Å². The number of aliphatic hydroxyl groups excluding tert-OH is 1. The van der Waals surface area contributed by atoms with Crippen molar-refractivity contribution >= 4 is 41.0 Å². The van der Waals surface area contributed by atoms with Crippen molar-refractivity contribution in [2.24, 2.45) is 17.8 Å². The highest BCUT2D eigenvalue weighted by Crippen LogP contribution is 2.57. The maximum absolute atomic E-state index is 15.0. The maximum Gasteiger partial charge on any atom is 0.313 e. The molecule has 2 aromatic carbocycles. The molecule has 0 aromatic heterocycles. The number of allylic oxidation sites excluding steroid dienone is 1. The minimum Gasteiger partial charge on any atom is -0.455 e. The number of ether oxygens (including phenoxy) is 3. The van der Waals surface area contributed by atoms with Gasteiger partial charge in [-0.3, -0.25) is 19.2 Å². The number of hydrogen-bond acceptors (Lipinski definition) is 8. The number of carbonyl (C=O) groups excluding carboxylic acids is 4. The van der Waals surface area contributed by atoms with E-state index in [1.165, 1.54) is 16.9 Å². The largest absolute Gasteiger partial charge is 0.455 e. The molecule has 2 N–H and O–H groups in total. The van der Waals surface area contributed by atoms with Crippen molar-refractivity contribution in [2.45, 2.75) is 62.6 Å². The van der Waals surface area contributed by atoms with E-state index in [0.29, 0.717) is 22.7 Å². The number of esters is 1. The number of rotatable bonds is 7. The smallest absolute Gasteiger partial charge is 0.313 e. The lowest BCUT2D eigenvalue weighted by Gasteiger charge is -2.40. The van der Waals surface area contributed by atoms with Crippen LogP contribution in [0, 0.1) is 17.8 Å². The standard InChI is InChI=1S/C37H42ClN3O8/c1-22(2)27(20-42)41-33-35(45)40(26-15-10-9-14-24(26)38)19-11-5-8-16-29(43)39-25(21-47-3)32(23-12-6-4-7-13-23)48-36(46)30-28-17-18-37(33,49-28)31(30)34(41)44/h4-7,9-15,17-18,22,25,27-28,30-33,42H,8,16,19-21H2,1-3H3,(H,39,43)/b11-5-/t25-,27-,28+,30-,31-,32-,33+,37-/m0/s1. The average Bonchev–Trinajstić information content (AvgIpc) is 3.73. The Balaban J connectivity index is 1.49. The molecule has 2 saturated heterocycles. The molecule has 0 unspecified atom stereocenters. The van der Waals surface area contributed by atoms with Gasteiger partial charge in [-0.2, -0.15) is 0 Å². The van der Waals surface area contributed by atoms with Gasteiger partial charge < -0.3 is 34.4 Å². The summed E-state index contributed by atoms with van der Waals surface area (Å²) in [4.78, 5) is 60.2. The molecule has 260 valence electrons. The number of hydrogen-bond donors (Lipinski definition) is 2. The zero-order chi connectivity index (χ0) is 34.9. The molecule has 49 heavy (non-hydrogen) atoms. The van der Waals surface area contributed by atoms with E-state index in [4.69, 9.17) is 25.8 Å². The van der Waals surface area contributed by atoms with E-state index in [-0.39, 0.29) is 31.4 Å². The highest BCUT2D eigenvalue weighted by molar-refractivity contribution is 6.34. The number of methoxy groups -OCH3 is 1. The molecule has 2 aromatic rings. The van der Waals surface area contributed by atoms with E-state index in [0.717, 1.165) is 0 Å². The predicted molar refractivity (Wildman–Crippen MR) is 181 cm³/mol. The van der Waals surface area contributed by atoms with Crippen LogP contribution in [0.4, 0.5) is 5.69 Å². The van der Waals surface area contributed by atoms with Gasteiger partial charge in [-0.1, -0.05) is 92.2 Å². The van der Waals surface area contributed by atoms with E-state index in [2.05, 4.69) is 5.32 Å². The number of carbonyl (C=O) groups is 4. The number of anilines is 1. The lowest BCUT2D eigenvalue weighted by molar-refractivity contribution is -0.162. The van der Waals surface area contributed by atoms with E-state index >= 15 is 4.79 Å². The van der Waals surface area contributed by atoms with Crippen LogP contribution in [0.5, 0.6) is 0 Å². The number of para-hydroxylation sites is 1. The monoisotopic (exact) mass is 691 g/mol. The summed E-state index contributed by atoms with van der Waals surface area (Å²) >= 11 is 6.65. The van der Waals surface area contributed by atoms with E-state index in [9.17, 15) is 19.5 Å². The topological polar surface area (TPSA) is 135 Å². The van der Waals surface area contributed by atoms with Gasteiger partial charge in [-0.05, 0) is 30.0 Å². The van der Waals surface area contributed by atoms with Gasteiger partial charge in [-0.25, -0.2) is 0 Å². The average molecular weight is 692 g/mol. The molecule has 8 atom stereocenters. The molecular formula is C37H42ClN3O8. The Morgan fingerprint density at radius 2 is 1.78 bits per heavy atom. The van der Waals surface area contributed by atoms with Crippen LogP contribution >= 0.6 is 11.6 Å². The lowest BCUT2D eigenvalue weighted by Crippen LogP contribution is -2.59. The van der Waals surface area contributed by atoms with Crippen molar-refractivity contribution in [3.8, 4) is 0 Å². The SMILES string of the molecule is COC[C@@H]1NC(=O)CC/C=C\CN(c2ccccc2Cl)C(=O)[C@H]2N([C@@H](CO)C(C)C)C(=O)[C@@H]3[C@@H](C(=O)O[C@H]1c1ccccc1)[C@H]1C=C[C@]32O1. The van der Waals surface area contributed by atoms with Gasteiger partial charge in [-0.15, -0.1) is 0 Å². The van der Waals surface area contributed by atoms with Crippen LogP contribution in [-0.2, 0) is 33.4 Å². The quantitative estimate of drug-likeness (QED) is 0.332. The molecule has 6 rings (SSSR count).